The second-order valence-corrected chi connectivity index (χ2v) is 8.50. The molecule has 0 unspecified atom stereocenters. The number of Topliss-reactive ketones (excluding diaryl/α,β-unsaturated/α-hetero) is 1. The van der Waals surface area contributed by atoms with Crippen LogP contribution in [0.1, 0.15) is 68.6 Å². The number of ketones is 1. The third kappa shape index (κ3) is 7.13. The summed E-state index contributed by atoms with van der Waals surface area (Å²) in [6, 6.07) is 7.46. The molecule has 2 fully saturated rings. The number of amides is 3. The second kappa shape index (κ2) is 11.1. The summed E-state index contributed by atoms with van der Waals surface area (Å²) >= 11 is 0. The van der Waals surface area contributed by atoms with E-state index in [4.69, 9.17) is 0 Å². The SMILES string of the molecule is CC(=O)c1ccc(NC(=O)CCN2CCC(NC(=O)NC3CCCCC3)CC2)cc1. The molecule has 0 bridgehead atoms. The maximum absolute atomic E-state index is 12.2. The van der Waals surface area contributed by atoms with E-state index in [0.717, 1.165) is 38.8 Å². The van der Waals surface area contributed by atoms with Gasteiger partial charge in [-0.2, -0.15) is 0 Å². The van der Waals surface area contributed by atoms with Crippen molar-refractivity contribution in [3.63, 3.8) is 0 Å². The largest absolute Gasteiger partial charge is 0.335 e. The predicted molar refractivity (Wildman–Crippen MR) is 118 cm³/mol. The molecule has 0 aromatic heterocycles. The van der Waals surface area contributed by atoms with Gasteiger partial charge in [-0.15, -0.1) is 0 Å². The Balaban J connectivity index is 1.31. The maximum Gasteiger partial charge on any atom is 0.315 e. The Hall–Kier alpha value is -2.41. The Labute approximate surface area is 179 Å². The van der Waals surface area contributed by atoms with Crippen molar-refractivity contribution >= 4 is 23.4 Å². The summed E-state index contributed by atoms with van der Waals surface area (Å²) in [6.45, 7) is 4.00. The first-order valence-corrected chi connectivity index (χ1v) is 11.2. The molecule has 3 N–H and O–H groups in total. The number of hydrogen-bond donors (Lipinski definition) is 3. The molecule has 2 aliphatic rings. The van der Waals surface area contributed by atoms with Crippen molar-refractivity contribution in [1.82, 2.24) is 15.5 Å². The fraction of sp³-hybridized carbons (Fsp3) is 0.609. The number of urea groups is 1. The fourth-order valence-electron chi connectivity index (χ4n) is 4.23. The molecule has 1 aliphatic carbocycles. The minimum absolute atomic E-state index is 0.0113. The van der Waals surface area contributed by atoms with Crippen LogP contribution in [0.5, 0.6) is 0 Å². The third-order valence-corrected chi connectivity index (χ3v) is 6.09. The number of benzene rings is 1. The molecule has 3 rings (SSSR count). The van der Waals surface area contributed by atoms with Gasteiger partial charge in [0.2, 0.25) is 5.91 Å². The second-order valence-electron chi connectivity index (χ2n) is 8.50. The number of carbonyl (C=O) groups is 3. The molecule has 1 heterocycles. The van der Waals surface area contributed by atoms with Gasteiger partial charge in [-0.25, -0.2) is 4.79 Å². The number of carbonyl (C=O) groups excluding carboxylic acids is 3. The summed E-state index contributed by atoms with van der Waals surface area (Å²) < 4.78 is 0. The van der Waals surface area contributed by atoms with Crippen molar-refractivity contribution in [3.8, 4) is 0 Å². The van der Waals surface area contributed by atoms with Crippen LogP contribution in [-0.4, -0.2) is 54.3 Å². The number of piperidine rings is 1. The van der Waals surface area contributed by atoms with E-state index in [1.54, 1.807) is 24.3 Å². The van der Waals surface area contributed by atoms with E-state index in [1.165, 1.54) is 26.2 Å². The lowest BCUT2D eigenvalue weighted by molar-refractivity contribution is -0.116. The molecule has 30 heavy (non-hydrogen) atoms. The average Bonchev–Trinajstić information content (AvgIpc) is 2.74. The zero-order chi connectivity index (χ0) is 21.3. The molecule has 0 spiro atoms. The highest BCUT2D eigenvalue weighted by atomic mass is 16.2. The molecule has 0 atom stereocenters. The topological polar surface area (TPSA) is 90.5 Å². The van der Waals surface area contributed by atoms with Crippen LogP contribution in [0.15, 0.2) is 24.3 Å². The Bertz CT molecular complexity index is 720. The lowest BCUT2D eigenvalue weighted by atomic mass is 9.96. The molecule has 7 nitrogen and oxygen atoms in total. The van der Waals surface area contributed by atoms with E-state index in [-0.39, 0.29) is 23.8 Å². The number of nitrogens with one attached hydrogen (secondary N) is 3. The minimum Gasteiger partial charge on any atom is -0.335 e. The van der Waals surface area contributed by atoms with Crippen molar-refractivity contribution in [2.45, 2.75) is 70.4 Å². The van der Waals surface area contributed by atoms with Crippen LogP contribution in [0.2, 0.25) is 0 Å². The molecule has 164 valence electrons. The van der Waals surface area contributed by atoms with Crippen LogP contribution in [-0.2, 0) is 4.79 Å². The van der Waals surface area contributed by atoms with E-state index in [9.17, 15) is 14.4 Å². The molecule has 1 saturated carbocycles. The quantitative estimate of drug-likeness (QED) is 0.597. The predicted octanol–water partition coefficient (Wildman–Crippen LogP) is 3.31. The van der Waals surface area contributed by atoms with E-state index >= 15 is 0 Å². The zero-order valence-corrected chi connectivity index (χ0v) is 17.9. The highest BCUT2D eigenvalue weighted by Gasteiger charge is 2.22. The highest BCUT2D eigenvalue weighted by Crippen LogP contribution is 2.17. The first-order chi connectivity index (χ1) is 14.5. The van der Waals surface area contributed by atoms with Gasteiger partial charge in [0.15, 0.2) is 5.78 Å². The number of anilines is 1. The molecule has 1 aliphatic heterocycles. The maximum atomic E-state index is 12.2. The molecule has 1 saturated heterocycles. The van der Waals surface area contributed by atoms with E-state index in [1.807, 2.05) is 0 Å². The van der Waals surface area contributed by atoms with Crippen LogP contribution in [0.4, 0.5) is 10.5 Å². The Morgan fingerprint density at radius 3 is 2.10 bits per heavy atom. The molecule has 3 amide bonds. The molecular formula is C23H34N4O3. The van der Waals surface area contributed by atoms with Crippen molar-refractivity contribution < 1.29 is 14.4 Å². The van der Waals surface area contributed by atoms with Crippen LogP contribution in [0.25, 0.3) is 0 Å². The van der Waals surface area contributed by atoms with Crippen molar-refractivity contribution in [3.05, 3.63) is 29.8 Å². The van der Waals surface area contributed by atoms with E-state index in [2.05, 4.69) is 20.9 Å². The molecule has 7 heteroatoms. The van der Waals surface area contributed by atoms with Crippen molar-refractivity contribution in [2.75, 3.05) is 25.0 Å². The van der Waals surface area contributed by atoms with Gasteiger partial charge in [-0.05, 0) is 56.9 Å². The molecule has 1 aromatic carbocycles. The van der Waals surface area contributed by atoms with Gasteiger partial charge in [-0.1, -0.05) is 19.3 Å². The Morgan fingerprint density at radius 2 is 1.50 bits per heavy atom. The standard InChI is InChI=1S/C23H34N4O3/c1-17(28)18-7-9-20(10-8-18)24-22(29)13-16-27-14-11-21(12-15-27)26-23(30)25-19-5-3-2-4-6-19/h7-10,19,21H,2-6,11-16H2,1H3,(H,24,29)(H2,25,26,30). The Morgan fingerprint density at radius 1 is 0.900 bits per heavy atom. The zero-order valence-electron chi connectivity index (χ0n) is 17.9. The van der Waals surface area contributed by atoms with Crippen LogP contribution < -0.4 is 16.0 Å². The smallest absolute Gasteiger partial charge is 0.315 e. The highest BCUT2D eigenvalue weighted by molar-refractivity contribution is 5.95. The van der Waals surface area contributed by atoms with Gasteiger partial charge in [-0.3, -0.25) is 9.59 Å². The number of hydrogen-bond acceptors (Lipinski definition) is 4. The first kappa shape index (κ1) is 22.3. The van der Waals surface area contributed by atoms with Gasteiger partial charge in [0.25, 0.3) is 0 Å². The minimum atomic E-state index is -0.0319. The summed E-state index contributed by atoms with van der Waals surface area (Å²) in [7, 11) is 0. The van der Waals surface area contributed by atoms with Crippen molar-refractivity contribution in [1.29, 1.82) is 0 Å². The number of likely N-dealkylation sites (tertiary alicyclic amines) is 1. The lowest BCUT2D eigenvalue weighted by Gasteiger charge is -2.32. The van der Waals surface area contributed by atoms with E-state index < -0.39 is 0 Å². The Kier molecular flexibility index (Phi) is 8.25. The summed E-state index contributed by atoms with van der Waals surface area (Å²) in [5.74, 6) is -0.0186. The molecular weight excluding hydrogens is 380 g/mol. The fourth-order valence-corrected chi connectivity index (χ4v) is 4.23. The first-order valence-electron chi connectivity index (χ1n) is 11.2. The number of rotatable bonds is 7. The van der Waals surface area contributed by atoms with Gasteiger partial charge in [0.05, 0.1) is 0 Å². The molecule has 0 radical (unpaired) electrons. The van der Waals surface area contributed by atoms with Crippen LogP contribution in [0.3, 0.4) is 0 Å². The molecule has 1 aromatic rings. The van der Waals surface area contributed by atoms with Crippen LogP contribution >= 0.6 is 0 Å². The summed E-state index contributed by atoms with van der Waals surface area (Å²) in [4.78, 5) is 38.0. The lowest BCUT2D eigenvalue weighted by Crippen LogP contribution is -2.50. The van der Waals surface area contributed by atoms with Crippen LogP contribution in [0, 0.1) is 0 Å². The van der Waals surface area contributed by atoms with Gasteiger partial charge in [0.1, 0.15) is 0 Å². The number of nitrogens with zero attached hydrogens (tertiary/aromatic N) is 1. The van der Waals surface area contributed by atoms with Gasteiger partial charge in [0, 0.05) is 49.4 Å². The summed E-state index contributed by atoms with van der Waals surface area (Å²) in [5.41, 5.74) is 1.34. The monoisotopic (exact) mass is 414 g/mol. The summed E-state index contributed by atoms with van der Waals surface area (Å²) in [5, 5.41) is 9.11. The van der Waals surface area contributed by atoms with Crippen molar-refractivity contribution in [2.24, 2.45) is 0 Å². The van der Waals surface area contributed by atoms with Gasteiger partial charge < -0.3 is 20.9 Å². The summed E-state index contributed by atoms with van der Waals surface area (Å²) in [6.07, 6.45) is 8.13. The average molecular weight is 415 g/mol. The third-order valence-electron chi connectivity index (χ3n) is 6.09. The normalized spacial score (nSPS) is 18.6. The van der Waals surface area contributed by atoms with E-state index in [0.29, 0.717) is 30.3 Å². The van der Waals surface area contributed by atoms with Gasteiger partial charge >= 0.3 is 6.03 Å².